The molecule has 0 amide bonds. The second-order valence-electron chi connectivity index (χ2n) is 4.72. The molecule has 20 heavy (non-hydrogen) atoms. The largest absolute Gasteiger partial charge is 0.323 e. The Morgan fingerprint density at radius 2 is 1.85 bits per heavy atom. The zero-order valence-electron chi connectivity index (χ0n) is 10.7. The van der Waals surface area contributed by atoms with Crippen LogP contribution in [0.15, 0.2) is 45.7 Å². The molecule has 5 heteroatoms. The summed E-state index contributed by atoms with van der Waals surface area (Å²) in [6.07, 6.45) is 0. The van der Waals surface area contributed by atoms with E-state index in [2.05, 4.69) is 60.9 Å². The predicted molar refractivity (Wildman–Crippen MR) is 88.6 cm³/mol. The standard InChI is InChI=1S/C15H12Br2N2O/c1-8-3-2-4-10(13(8)16)14(17)9-5-6-11-12(7-9)19-15(20)18-11/h2-7,14H,1H3,(H2,18,19,20). The molecule has 0 spiro atoms. The first kappa shape index (κ1) is 13.6. The molecule has 0 fully saturated rings. The number of halogens is 2. The van der Waals surface area contributed by atoms with Gasteiger partial charge in [0, 0.05) is 4.47 Å². The fourth-order valence-electron chi connectivity index (χ4n) is 2.25. The average Bonchev–Trinajstić information content (AvgIpc) is 2.80. The van der Waals surface area contributed by atoms with Crippen molar-refractivity contribution in [2.24, 2.45) is 0 Å². The highest BCUT2D eigenvalue weighted by molar-refractivity contribution is 9.11. The van der Waals surface area contributed by atoms with Gasteiger partial charge in [-0.2, -0.15) is 0 Å². The number of nitrogens with one attached hydrogen (secondary N) is 2. The van der Waals surface area contributed by atoms with Crippen LogP contribution in [-0.4, -0.2) is 9.97 Å². The lowest BCUT2D eigenvalue weighted by Crippen LogP contribution is -1.99. The van der Waals surface area contributed by atoms with Crippen LogP contribution in [0.1, 0.15) is 21.5 Å². The van der Waals surface area contributed by atoms with Gasteiger partial charge in [0.15, 0.2) is 0 Å². The minimum Gasteiger partial charge on any atom is -0.306 e. The Labute approximate surface area is 132 Å². The molecule has 1 unspecified atom stereocenters. The van der Waals surface area contributed by atoms with Crippen molar-refractivity contribution in [3.8, 4) is 0 Å². The second kappa shape index (κ2) is 5.22. The number of H-pyrrole nitrogens is 2. The molecule has 3 nitrogen and oxygen atoms in total. The van der Waals surface area contributed by atoms with Gasteiger partial charge in [0.2, 0.25) is 0 Å². The highest BCUT2D eigenvalue weighted by atomic mass is 79.9. The first-order valence-electron chi connectivity index (χ1n) is 6.17. The molecule has 3 aromatic rings. The molecule has 3 rings (SSSR count). The maximum atomic E-state index is 11.3. The third-order valence-corrected chi connectivity index (χ3v) is 5.43. The number of aromatic nitrogens is 2. The Bertz CT molecular complexity index is 835. The molecule has 0 aliphatic carbocycles. The number of imidazole rings is 1. The van der Waals surface area contributed by atoms with E-state index in [-0.39, 0.29) is 10.5 Å². The van der Waals surface area contributed by atoms with Crippen molar-refractivity contribution >= 4 is 42.9 Å². The molecule has 2 aromatic carbocycles. The Kier molecular flexibility index (Phi) is 3.56. The van der Waals surface area contributed by atoms with Crippen molar-refractivity contribution < 1.29 is 0 Å². The minimum absolute atomic E-state index is 0.0691. The van der Waals surface area contributed by atoms with Crippen molar-refractivity contribution in [3.63, 3.8) is 0 Å². The lowest BCUT2D eigenvalue weighted by atomic mass is 10.0. The van der Waals surface area contributed by atoms with Crippen molar-refractivity contribution in [1.29, 1.82) is 0 Å². The number of aryl methyl sites for hydroxylation is 1. The summed E-state index contributed by atoms with van der Waals surface area (Å²) in [6, 6.07) is 12.1. The molecule has 1 atom stereocenters. The van der Waals surface area contributed by atoms with Crippen LogP contribution in [0.2, 0.25) is 0 Å². The highest BCUT2D eigenvalue weighted by Gasteiger charge is 2.15. The molecule has 2 N–H and O–H groups in total. The summed E-state index contributed by atoms with van der Waals surface area (Å²) in [5.74, 6) is 0. The summed E-state index contributed by atoms with van der Waals surface area (Å²) in [5, 5.41) is 0. The van der Waals surface area contributed by atoms with E-state index < -0.39 is 0 Å². The van der Waals surface area contributed by atoms with E-state index in [1.54, 1.807) is 0 Å². The van der Waals surface area contributed by atoms with Crippen molar-refractivity contribution in [3.05, 3.63) is 68.0 Å². The van der Waals surface area contributed by atoms with E-state index in [0.29, 0.717) is 0 Å². The van der Waals surface area contributed by atoms with Gasteiger partial charge in [-0.25, -0.2) is 4.79 Å². The molecule has 0 aliphatic rings. The van der Waals surface area contributed by atoms with Crippen molar-refractivity contribution in [2.45, 2.75) is 11.8 Å². The smallest absolute Gasteiger partial charge is 0.306 e. The van der Waals surface area contributed by atoms with Crippen LogP contribution in [0.3, 0.4) is 0 Å². The van der Waals surface area contributed by atoms with Gasteiger partial charge in [0.1, 0.15) is 0 Å². The molecular weight excluding hydrogens is 384 g/mol. The van der Waals surface area contributed by atoms with Gasteiger partial charge in [-0.05, 0) is 35.7 Å². The third-order valence-electron chi connectivity index (χ3n) is 3.33. The molecule has 102 valence electrons. The van der Waals surface area contributed by atoms with Crippen LogP contribution in [0, 0.1) is 6.92 Å². The number of rotatable bonds is 2. The first-order valence-corrected chi connectivity index (χ1v) is 7.88. The fourth-order valence-corrected chi connectivity index (χ4v) is 3.72. The van der Waals surface area contributed by atoms with Crippen molar-refractivity contribution in [1.82, 2.24) is 9.97 Å². The Morgan fingerprint density at radius 1 is 1.10 bits per heavy atom. The van der Waals surface area contributed by atoms with Crippen LogP contribution in [0.5, 0.6) is 0 Å². The molecule has 0 bridgehead atoms. The Hall–Kier alpha value is -1.33. The lowest BCUT2D eigenvalue weighted by molar-refractivity contribution is 1.15. The molecule has 0 saturated carbocycles. The van der Waals surface area contributed by atoms with E-state index in [4.69, 9.17) is 0 Å². The van der Waals surface area contributed by atoms with Crippen LogP contribution in [0.25, 0.3) is 11.0 Å². The summed E-state index contributed by atoms with van der Waals surface area (Å²) >= 11 is 7.38. The van der Waals surface area contributed by atoms with Crippen LogP contribution in [0.4, 0.5) is 0 Å². The first-order chi connectivity index (χ1) is 9.56. The Balaban J connectivity index is 2.09. The monoisotopic (exact) mass is 394 g/mol. The fraction of sp³-hybridized carbons (Fsp3) is 0.133. The van der Waals surface area contributed by atoms with Gasteiger partial charge in [0.25, 0.3) is 0 Å². The van der Waals surface area contributed by atoms with Gasteiger partial charge in [0.05, 0.1) is 15.9 Å². The van der Waals surface area contributed by atoms with Crippen molar-refractivity contribution in [2.75, 3.05) is 0 Å². The minimum atomic E-state index is -0.181. The third kappa shape index (κ3) is 2.36. The SMILES string of the molecule is Cc1cccc(C(Br)c2ccc3[nH]c(=O)[nH]c3c2)c1Br. The van der Waals surface area contributed by atoms with E-state index in [0.717, 1.165) is 21.1 Å². The summed E-state index contributed by atoms with van der Waals surface area (Å²) in [4.78, 5) is 16.9. The van der Waals surface area contributed by atoms with E-state index >= 15 is 0 Å². The van der Waals surface area contributed by atoms with Gasteiger partial charge in [-0.1, -0.05) is 56.1 Å². The van der Waals surface area contributed by atoms with Gasteiger partial charge >= 0.3 is 5.69 Å². The van der Waals surface area contributed by atoms with E-state index in [9.17, 15) is 4.79 Å². The summed E-state index contributed by atoms with van der Waals surface area (Å²) in [6.45, 7) is 2.07. The quantitative estimate of drug-likeness (QED) is 0.620. The number of alkyl halides is 1. The number of benzene rings is 2. The number of fused-ring (bicyclic) bond motifs is 1. The molecule has 0 aliphatic heterocycles. The zero-order valence-corrected chi connectivity index (χ0v) is 13.9. The zero-order chi connectivity index (χ0) is 14.3. The Morgan fingerprint density at radius 3 is 2.65 bits per heavy atom. The molecule has 0 radical (unpaired) electrons. The van der Waals surface area contributed by atoms with Crippen LogP contribution in [-0.2, 0) is 0 Å². The summed E-state index contributed by atoms with van der Waals surface area (Å²) in [5.41, 5.74) is 4.92. The van der Waals surface area contributed by atoms with Crippen LogP contribution >= 0.6 is 31.9 Å². The normalized spacial score (nSPS) is 12.8. The maximum Gasteiger partial charge on any atom is 0.323 e. The van der Waals surface area contributed by atoms with E-state index in [1.165, 1.54) is 11.1 Å². The second-order valence-corrected chi connectivity index (χ2v) is 6.43. The van der Waals surface area contributed by atoms with Gasteiger partial charge in [-0.15, -0.1) is 0 Å². The number of hydrogen-bond donors (Lipinski definition) is 2. The molecular formula is C15H12Br2N2O. The van der Waals surface area contributed by atoms with Gasteiger partial charge in [-0.3, -0.25) is 0 Å². The molecule has 0 saturated heterocycles. The predicted octanol–water partition coefficient (Wildman–Crippen LogP) is 4.41. The topological polar surface area (TPSA) is 48.6 Å². The van der Waals surface area contributed by atoms with Crippen LogP contribution < -0.4 is 5.69 Å². The lowest BCUT2D eigenvalue weighted by Gasteiger charge is -2.14. The maximum absolute atomic E-state index is 11.3. The van der Waals surface area contributed by atoms with Gasteiger partial charge < -0.3 is 9.97 Å². The summed E-state index contributed by atoms with van der Waals surface area (Å²) in [7, 11) is 0. The number of hydrogen-bond acceptors (Lipinski definition) is 1. The van der Waals surface area contributed by atoms with E-state index in [1.807, 2.05) is 24.3 Å². The molecule has 1 aromatic heterocycles. The average molecular weight is 396 g/mol. The number of aromatic amines is 2. The molecule has 1 heterocycles. The highest BCUT2D eigenvalue weighted by Crippen LogP contribution is 2.37. The summed E-state index contributed by atoms with van der Waals surface area (Å²) < 4.78 is 1.10.